The number of phenolic OH excluding ortho intramolecular Hbond substituents is 1. The lowest BCUT2D eigenvalue weighted by Crippen LogP contribution is -2.18. The highest BCUT2D eigenvalue weighted by Gasteiger charge is 2.14. The number of aryl methyl sites for hydroxylation is 1. The van der Waals surface area contributed by atoms with Crippen LogP contribution in [0.15, 0.2) is 90.0 Å². The number of carbonyl (C=O) groups excluding carboxylic acids is 1. The summed E-state index contributed by atoms with van der Waals surface area (Å²) in [5.74, 6) is 0.773. The zero-order valence-electron chi connectivity index (χ0n) is 20.9. The molecule has 0 radical (unpaired) electrons. The molecule has 0 unspecified atom stereocenters. The number of carbonyl (C=O) groups is 1. The maximum atomic E-state index is 12.6. The van der Waals surface area contributed by atoms with E-state index in [-0.39, 0.29) is 11.4 Å². The molecule has 0 saturated heterocycles. The summed E-state index contributed by atoms with van der Waals surface area (Å²) in [6.07, 6.45) is 1.42. The van der Waals surface area contributed by atoms with E-state index >= 15 is 0 Å². The van der Waals surface area contributed by atoms with Crippen LogP contribution in [0.2, 0.25) is 0 Å². The number of phenols is 1. The molecule has 1 heterocycles. The van der Waals surface area contributed by atoms with Crippen LogP contribution < -0.4 is 14.9 Å². The molecule has 38 heavy (non-hydrogen) atoms. The second kappa shape index (κ2) is 10.9. The van der Waals surface area contributed by atoms with Crippen molar-refractivity contribution in [2.24, 2.45) is 5.10 Å². The predicted molar refractivity (Wildman–Crippen MR) is 147 cm³/mol. The van der Waals surface area contributed by atoms with Gasteiger partial charge in [-0.3, -0.25) is 9.89 Å². The molecule has 0 saturated carbocycles. The number of nitrogens with zero attached hydrogens (tertiary/aromatic N) is 2. The molecular formula is C30H26N4O4. The molecule has 3 N–H and O–H groups in total. The zero-order chi connectivity index (χ0) is 26.5. The van der Waals surface area contributed by atoms with E-state index in [1.807, 2.05) is 79.7 Å². The van der Waals surface area contributed by atoms with Gasteiger partial charge in [-0.1, -0.05) is 60.2 Å². The Bertz CT molecular complexity index is 1620. The maximum absolute atomic E-state index is 12.6. The molecule has 4 aromatic carbocycles. The van der Waals surface area contributed by atoms with Gasteiger partial charge >= 0.3 is 0 Å². The fourth-order valence-electron chi connectivity index (χ4n) is 4.01. The quantitative estimate of drug-likeness (QED) is 0.188. The molecular weight excluding hydrogens is 480 g/mol. The summed E-state index contributed by atoms with van der Waals surface area (Å²) >= 11 is 0. The maximum Gasteiger partial charge on any atom is 0.289 e. The fraction of sp³-hybridized carbons (Fsp3) is 0.100. The molecule has 0 aliphatic carbocycles. The Kier molecular flexibility index (Phi) is 7.04. The van der Waals surface area contributed by atoms with E-state index in [1.165, 1.54) is 11.8 Å². The third kappa shape index (κ3) is 5.34. The second-order valence-electron chi connectivity index (χ2n) is 8.73. The van der Waals surface area contributed by atoms with Gasteiger partial charge in [0.05, 0.1) is 19.0 Å². The van der Waals surface area contributed by atoms with Crippen molar-refractivity contribution < 1.29 is 19.4 Å². The number of rotatable bonds is 8. The van der Waals surface area contributed by atoms with Gasteiger partial charge in [0.2, 0.25) is 0 Å². The Morgan fingerprint density at radius 3 is 2.66 bits per heavy atom. The van der Waals surface area contributed by atoms with E-state index in [1.54, 1.807) is 19.2 Å². The van der Waals surface area contributed by atoms with Gasteiger partial charge in [-0.25, -0.2) is 5.43 Å². The minimum absolute atomic E-state index is 0.0748. The average molecular weight is 507 g/mol. The Morgan fingerprint density at radius 1 is 1.03 bits per heavy atom. The lowest BCUT2D eigenvalue weighted by Gasteiger charge is -2.12. The Labute approximate surface area is 219 Å². The van der Waals surface area contributed by atoms with Gasteiger partial charge in [0, 0.05) is 11.1 Å². The van der Waals surface area contributed by atoms with Gasteiger partial charge in [0.25, 0.3) is 5.91 Å². The number of fused-ring (bicyclic) bond motifs is 1. The number of hydrogen-bond donors (Lipinski definition) is 3. The van der Waals surface area contributed by atoms with Crippen LogP contribution in [0.1, 0.15) is 27.2 Å². The highest BCUT2D eigenvalue weighted by atomic mass is 16.5. The smallest absolute Gasteiger partial charge is 0.289 e. The third-order valence-corrected chi connectivity index (χ3v) is 6.10. The topological polar surface area (TPSA) is 109 Å². The number of methoxy groups -OCH3 is 1. The Morgan fingerprint density at radius 2 is 1.84 bits per heavy atom. The van der Waals surface area contributed by atoms with Gasteiger partial charge in [-0.05, 0) is 53.6 Å². The van der Waals surface area contributed by atoms with Gasteiger partial charge in [0.15, 0.2) is 11.5 Å². The fourth-order valence-corrected chi connectivity index (χ4v) is 4.01. The summed E-state index contributed by atoms with van der Waals surface area (Å²) in [4.78, 5) is 12.6. The summed E-state index contributed by atoms with van der Waals surface area (Å²) < 4.78 is 11.5. The average Bonchev–Trinajstić information content (AvgIpc) is 3.44. The molecule has 0 aliphatic heterocycles. The minimum atomic E-state index is -0.468. The van der Waals surface area contributed by atoms with Gasteiger partial charge in [-0.15, -0.1) is 0 Å². The Hall–Kier alpha value is -5.11. The van der Waals surface area contributed by atoms with Crippen molar-refractivity contribution in [2.75, 3.05) is 7.11 Å². The van der Waals surface area contributed by atoms with Crippen molar-refractivity contribution in [2.45, 2.75) is 13.5 Å². The zero-order valence-corrected chi connectivity index (χ0v) is 20.9. The number of nitrogens with one attached hydrogen (secondary N) is 2. The molecule has 0 spiro atoms. The molecule has 190 valence electrons. The van der Waals surface area contributed by atoms with E-state index in [4.69, 9.17) is 9.47 Å². The summed E-state index contributed by atoms with van der Waals surface area (Å²) in [6, 6.07) is 26.3. The number of benzene rings is 4. The van der Waals surface area contributed by atoms with Crippen molar-refractivity contribution >= 4 is 22.9 Å². The number of hydrogen-bond acceptors (Lipinski definition) is 6. The molecule has 1 aromatic heterocycles. The van der Waals surface area contributed by atoms with E-state index in [2.05, 4.69) is 20.7 Å². The third-order valence-electron chi connectivity index (χ3n) is 6.10. The highest BCUT2D eigenvalue weighted by molar-refractivity contribution is 6.03. The van der Waals surface area contributed by atoms with Gasteiger partial charge in [0.1, 0.15) is 18.1 Å². The van der Waals surface area contributed by atoms with E-state index in [9.17, 15) is 9.90 Å². The van der Waals surface area contributed by atoms with Crippen molar-refractivity contribution in [1.29, 1.82) is 0 Å². The summed E-state index contributed by atoms with van der Waals surface area (Å²) in [6.45, 7) is 2.46. The van der Waals surface area contributed by atoms with Crippen LogP contribution in [0.25, 0.3) is 22.0 Å². The molecule has 0 aliphatic rings. The first kappa shape index (κ1) is 24.6. The molecule has 0 fully saturated rings. The molecule has 1 amide bonds. The normalized spacial score (nSPS) is 11.1. The van der Waals surface area contributed by atoms with Crippen LogP contribution in [-0.4, -0.2) is 34.5 Å². The lowest BCUT2D eigenvalue weighted by molar-refractivity contribution is 0.0950. The first-order chi connectivity index (χ1) is 18.5. The summed E-state index contributed by atoms with van der Waals surface area (Å²) in [5.41, 5.74) is 6.80. The molecule has 0 bridgehead atoms. The van der Waals surface area contributed by atoms with Crippen LogP contribution in [0, 0.1) is 6.92 Å². The number of aromatic amines is 1. The van der Waals surface area contributed by atoms with E-state index < -0.39 is 5.91 Å². The standard InChI is InChI=1S/C30H26N4O4/c1-19-7-9-20(10-8-19)18-38-28-14-12-22(15-29(28)37-2)25-16-26(33-32-25)30(36)34-31-17-24-23-6-4-3-5-21(23)11-13-27(24)35/h3-17,35H,18H2,1-2H3,(H,32,33)(H,34,36)/b31-17-. The SMILES string of the molecule is COc1cc(-c2cc(C(=O)N/N=C\c3c(O)ccc4ccccc34)[nH]n2)ccc1OCc1ccc(C)cc1. The van der Waals surface area contributed by atoms with Crippen molar-refractivity contribution in [3.63, 3.8) is 0 Å². The van der Waals surface area contributed by atoms with Crippen LogP contribution in [0.5, 0.6) is 17.2 Å². The first-order valence-electron chi connectivity index (χ1n) is 12.0. The largest absolute Gasteiger partial charge is 0.507 e. The predicted octanol–water partition coefficient (Wildman–Crippen LogP) is 5.60. The van der Waals surface area contributed by atoms with Gasteiger partial charge in [-0.2, -0.15) is 10.2 Å². The molecule has 8 heteroatoms. The number of aromatic nitrogens is 2. The van der Waals surface area contributed by atoms with Crippen molar-refractivity contribution in [3.05, 3.63) is 107 Å². The summed E-state index contributed by atoms with van der Waals surface area (Å²) in [5, 5.41) is 23.1. The van der Waals surface area contributed by atoms with Gasteiger partial charge < -0.3 is 14.6 Å². The first-order valence-corrected chi connectivity index (χ1v) is 12.0. The van der Waals surface area contributed by atoms with Crippen molar-refractivity contribution in [1.82, 2.24) is 15.6 Å². The lowest BCUT2D eigenvalue weighted by atomic mass is 10.0. The number of amides is 1. The monoisotopic (exact) mass is 506 g/mol. The number of aromatic hydroxyl groups is 1. The molecule has 8 nitrogen and oxygen atoms in total. The molecule has 5 rings (SSSR count). The minimum Gasteiger partial charge on any atom is -0.507 e. The Balaban J connectivity index is 1.27. The molecule has 5 aromatic rings. The van der Waals surface area contributed by atoms with Crippen LogP contribution >= 0.6 is 0 Å². The number of H-pyrrole nitrogens is 1. The van der Waals surface area contributed by atoms with Crippen LogP contribution in [-0.2, 0) is 6.61 Å². The number of ether oxygens (including phenoxy) is 2. The highest BCUT2D eigenvalue weighted by Crippen LogP contribution is 2.32. The van der Waals surface area contributed by atoms with Crippen LogP contribution in [0.4, 0.5) is 0 Å². The van der Waals surface area contributed by atoms with Crippen molar-refractivity contribution in [3.8, 4) is 28.5 Å². The van der Waals surface area contributed by atoms with E-state index in [0.717, 1.165) is 21.9 Å². The number of hydrazone groups is 1. The summed E-state index contributed by atoms with van der Waals surface area (Å²) in [7, 11) is 1.58. The van der Waals surface area contributed by atoms with Crippen LogP contribution in [0.3, 0.4) is 0 Å². The molecule has 0 atom stereocenters. The second-order valence-corrected chi connectivity index (χ2v) is 8.73. The van der Waals surface area contributed by atoms with E-state index in [0.29, 0.717) is 29.4 Å².